The maximum absolute atomic E-state index is 6.27. The van der Waals surface area contributed by atoms with E-state index >= 15 is 0 Å². The number of hydrogen-bond donors (Lipinski definition) is 0. The smallest absolute Gasteiger partial charge is 0.173 e. The van der Waals surface area contributed by atoms with Crippen LogP contribution in [-0.2, 0) is 6.42 Å². The summed E-state index contributed by atoms with van der Waals surface area (Å²) in [6.07, 6.45) is 0.963. The standard InChI is InChI=1S/C14H10Cl2N2S/c1-2-8-3-4-11-9(7-8)13(16)18-14(17-11)12-10(15)5-6-19-12/h3-7H,2H2,1H3. The Hall–Kier alpha value is -1.16. The third-order valence-electron chi connectivity index (χ3n) is 2.94. The van der Waals surface area contributed by atoms with Crippen LogP contribution in [0.5, 0.6) is 0 Å². The predicted molar refractivity (Wildman–Crippen MR) is 82.2 cm³/mol. The van der Waals surface area contributed by atoms with E-state index in [-0.39, 0.29) is 0 Å². The molecule has 0 aliphatic heterocycles. The maximum atomic E-state index is 6.27. The Morgan fingerprint density at radius 1 is 1.16 bits per heavy atom. The lowest BCUT2D eigenvalue weighted by Crippen LogP contribution is -1.92. The van der Waals surface area contributed by atoms with Crippen LogP contribution in [0, 0.1) is 0 Å². The number of rotatable bonds is 2. The Morgan fingerprint density at radius 2 is 2.00 bits per heavy atom. The normalized spacial score (nSPS) is 11.1. The second-order valence-electron chi connectivity index (χ2n) is 4.14. The molecule has 2 aromatic heterocycles. The van der Waals surface area contributed by atoms with E-state index in [9.17, 15) is 0 Å². The summed E-state index contributed by atoms with van der Waals surface area (Å²) in [6.45, 7) is 2.11. The Morgan fingerprint density at radius 3 is 2.68 bits per heavy atom. The van der Waals surface area contributed by atoms with Crippen molar-refractivity contribution in [3.05, 3.63) is 45.4 Å². The van der Waals surface area contributed by atoms with Gasteiger partial charge in [0.2, 0.25) is 0 Å². The summed E-state index contributed by atoms with van der Waals surface area (Å²) in [4.78, 5) is 9.76. The van der Waals surface area contributed by atoms with Crippen LogP contribution in [0.1, 0.15) is 12.5 Å². The van der Waals surface area contributed by atoms with Gasteiger partial charge in [-0.3, -0.25) is 0 Å². The highest BCUT2D eigenvalue weighted by atomic mass is 35.5. The van der Waals surface area contributed by atoms with Crippen molar-refractivity contribution in [1.29, 1.82) is 0 Å². The second-order valence-corrected chi connectivity index (χ2v) is 5.82. The summed E-state index contributed by atoms with van der Waals surface area (Å²) in [6, 6.07) is 7.92. The molecule has 5 heteroatoms. The van der Waals surface area contributed by atoms with E-state index < -0.39 is 0 Å². The Kier molecular flexibility index (Phi) is 3.44. The molecule has 0 saturated carbocycles. The first-order chi connectivity index (χ1) is 9.19. The monoisotopic (exact) mass is 308 g/mol. The van der Waals surface area contributed by atoms with Crippen molar-refractivity contribution in [3.8, 4) is 10.7 Å². The molecule has 0 amide bonds. The highest BCUT2D eigenvalue weighted by Crippen LogP contribution is 2.33. The number of hydrogen-bond acceptors (Lipinski definition) is 3. The molecular formula is C14H10Cl2N2S. The molecule has 3 aromatic rings. The first kappa shape index (κ1) is 12.9. The van der Waals surface area contributed by atoms with E-state index in [4.69, 9.17) is 23.2 Å². The fourth-order valence-corrected chi connectivity index (χ4v) is 3.22. The molecule has 0 aliphatic carbocycles. The number of aromatic nitrogens is 2. The molecule has 0 saturated heterocycles. The third-order valence-corrected chi connectivity index (χ3v) is 4.57. The first-order valence-electron chi connectivity index (χ1n) is 5.88. The quantitative estimate of drug-likeness (QED) is 0.606. The van der Waals surface area contributed by atoms with Crippen molar-refractivity contribution in [2.75, 3.05) is 0 Å². The zero-order valence-electron chi connectivity index (χ0n) is 10.2. The SMILES string of the molecule is CCc1ccc2nc(-c3sccc3Cl)nc(Cl)c2c1. The molecule has 0 fully saturated rings. The zero-order chi connectivity index (χ0) is 13.4. The molecule has 0 bridgehead atoms. The van der Waals surface area contributed by atoms with Crippen molar-refractivity contribution in [3.63, 3.8) is 0 Å². The Labute approximate surface area is 125 Å². The fourth-order valence-electron chi connectivity index (χ4n) is 1.91. The summed E-state index contributed by atoms with van der Waals surface area (Å²) in [5, 5.41) is 3.93. The van der Waals surface area contributed by atoms with Crippen molar-refractivity contribution < 1.29 is 0 Å². The summed E-state index contributed by atoms with van der Waals surface area (Å²) < 4.78 is 0. The molecule has 0 spiro atoms. The van der Waals surface area contributed by atoms with E-state index in [2.05, 4.69) is 23.0 Å². The van der Waals surface area contributed by atoms with Gasteiger partial charge in [-0.05, 0) is 35.6 Å². The van der Waals surface area contributed by atoms with Crippen molar-refractivity contribution in [2.45, 2.75) is 13.3 Å². The second kappa shape index (κ2) is 5.08. The number of thiophene rings is 1. The zero-order valence-corrected chi connectivity index (χ0v) is 12.5. The fraction of sp³-hybridized carbons (Fsp3) is 0.143. The van der Waals surface area contributed by atoms with Gasteiger partial charge in [0.15, 0.2) is 5.82 Å². The van der Waals surface area contributed by atoms with Gasteiger partial charge in [0.05, 0.1) is 15.4 Å². The minimum Gasteiger partial charge on any atom is -0.227 e. The molecule has 0 unspecified atom stereocenters. The van der Waals surface area contributed by atoms with E-state index in [1.807, 2.05) is 23.6 Å². The molecule has 3 rings (SSSR count). The maximum Gasteiger partial charge on any atom is 0.173 e. The average Bonchev–Trinajstić information content (AvgIpc) is 2.84. The lowest BCUT2D eigenvalue weighted by atomic mass is 10.1. The molecule has 2 nitrogen and oxygen atoms in total. The minimum atomic E-state index is 0.472. The molecule has 96 valence electrons. The molecule has 0 aliphatic rings. The predicted octanol–water partition coefficient (Wildman–Crippen LogP) is 5.23. The van der Waals surface area contributed by atoms with Gasteiger partial charge in [0.25, 0.3) is 0 Å². The molecule has 2 heterocycles. The van der Waals surface area contributed by atoms with Gasteiger partial charge in [0, 0.05) is 5.39 Å². The van der Waals surface area contributed by atoms with Crippen LogP contribution < -0.4 is 0 Å². The van der Waals surface area contributed by atoms with E-state index in [0.717, 1.165) is 22.2 Å². The summed E-state index contributed by atoms with van der Waals surface area (Å²) >= 11 is 13.9. The Balaban J connectivity index is 2.23. The lowest BCUT2D eigenvalue weighted by molar-refractivity contribution is 1.14. The molecule has 1 aromatic carbocycles. The third kappa shape index (κ3) is 2.34. The molecular weight excluding hydrogens is 299 g/mol. The van der Waals surface area contributed by atoms with Crippen LogP contribution in [0.2, 0.25) is 10.2 Å². The molecule has 0 radical (unpaired) electrons. The largest absolute Gasteiger partial charge is 0.227 e. The summed E-state index contributed by atoms with van der Waals surface area (Å²) in [5.74, 6) is 0.585. The van der Waals surface area contributed by atoms with Gasteiger partial charge in [-0.25, -0.2) is 9.97 Å². The number of benzene rings is 1. The number of halogens is 2. The molecule has 0 N–H and O–H groups in total. The van der Waals surface area contributed by atoms with Crippen LogP contribution in [0.4, 0.5) is 0 Å². The van der Waals surface area contributed by atoms with Gasteiger partial charge in [-0.1, -0.05) is 36.2 Å². The first-order valence-corrected chi connectivity index (χ1v) is 7.52. The highest BCUT2D eigenvalue weighted by Gasteiger charge is 2.12. The minimum absolute atomic E-state index is 0.472. The van der Waals surface area contributed by atoms with Gasteiger partial charge in [0.1, 0.15) is 5.15 Å². The molecule has 0 atom stereocenters. The van der Waals surface area contributed by atoms with Crippen molar-refractivity contribution in [2.24, 2.45) is 0 Å². The van der Waals surface area contributed by atoms with E-state index in [0.29, 0.717) is 16.0 Å². The highest BCUT2D eigenvalue weighted by molar-refractivity contribution is 7.14. The van der Waals surface area contributed by atoms with Crippen LogP contribution in [-0.4, -0.2) is 9.97 Å². The van der Waals surface area contributed by atoms with Gasteiger partial charge < -0.3 is 0 Å². The average molecular weight is 309 g/mol. The summed E-state index contributed by atoms with van der Waals surface area (Å²) in [7, 11) is 0. The Bertz CT molecular complexity index is 752. The van der Waals surface area contributed by atoms with Crippen LogP contribution in [0.3, 0.4) is 0 Å². The van der Waals surface area contributed by atoms with Crippen molar-refractivity contribution in [1.82, 2.24) is 9.97 Å². The van der Waals surface area contributed by atoms with Gasteiger partial charge in [-0.15, -0.1) is 11.3 Å². The van der Waals surface area contributed by atoms with E-state index in [1.165, 1.54) is 16.9 Å². The van der Waals surface area contributed by atoms with Crippen molar-refractivity contribution >= 4 is 45.4 Å². The van der Waals surface area contributed by atoms with Crippen LogP contribution in [0.25, 0.3) is 21.6 Å². The topological polar surface area (TPSA) is 25.8 Å². The number of nitrogens with zero attached hydrogens (tertiary/aromatic N) is 2. The van der Waals surface area contributed by atoms with Crippen LogP contribution >= 0.6 is 34.5 Å². The lowest BCUT2D eigenvalue weighted by Gasteiger charge is -2.05. The summed E-state index contributed by atoms with van der Waals surface area (Å²) in [5.41, 5.74) is 2.07. The number of aryl methyl sites for hydroxylation is 1. The van der Waals surface area contributed by atoms with Crippen LogP contribution in [0.15, 0.2) is 29.6 Å². The van der Waals surface area contributed by atoms with Gasteiger partial charge in [-0.2, -0.15) is 0 Å². The number of fused-ring (bicyclic) bond motifs is 1. The van der Waals surface area contributed by atoms with Gasteiger partial charge >= 0.3 is 0 Å². The van der Waals surface area contributed by atoms with E-state index in [1.54, 1.807) is 0 Å². The molecule has 19 heavy (non-hydrogen) atoms.